The Balaban J connectivity index is 2.44. The highest BCUT2D eigenvalue weighted by atomic mass is 16.4. The lowest BCUT2D eigenvalue weighted by Gasteiger charge is -2.03. The van der Waals surface area contributed by atoms with Crippen LogP contribution in [0.1, 0.15) is 10.5 Å². The summed E-state index contributed by atoms with van der Waals surface area (Å²) in [6.45, 7) is 0. The minimum atomic E-state index is -1.25. The lowest BCUT2D eigenvalue weighted by Crippen LogP contribution is -2.41. The molecule has 3 N–H and O–H groups in total. The van der Waals surface area contributed by atoms with E-state index in [0.717, 1.165) is 6.08 Å². The maximum atomic E-state index is 11.4. The molecule has 0 aliphatic heterocycles. The van der Waals surface area contributed by atoms with E-state index in [-0.39, 0.29) is 5.69 Å². The Morgan fingerprint density at radius 2 is 1.94 bits per heavy atom. The number of amides is 2. The van der Waals surface area contributed by atoms with Gasteiger partial charge < -0.3 is 5.11 Å². The van der Waals surface area contributed by atoms with Crippen LogP contribution in [0.15, 0.2) is 36.5 Å². The zero-order valence-electron chi connectivity index (χ0n) is 8.58. The van der Waals surface area contributed by atoms with Gasteiger partial charge in [-0.1, -0.05) is 6.07 Å². The molecule has 1 aromatic heterocycles. The monoisotopic (exact) mass is 235 g/mol. The molecule has 1 heterocycles. The van der Waals surface area contributed by atoms with Crippen LogP contribution in [0.5, 0.6) is 0 Å². The Morgan fingerprint density at radius 3 is 2.53 bits per heavy atom. The van der Waals surface area contributed by atoms with Gasteiger partial charge in [0.15, 0.2) is 0 Å². The van der Waals surface area contributed by atoms with Gasteiger partial charge in [0.05, 0.1) is 0 Å². The Morgan fingerprint density at radius 1 is 1.18 bits per heavy atom. The number of rotatable bonds is 3. The van der Waals surface area contributed by atoms with Crippen LogP contribution in [0.2, 0.25) is 0 Å². The topological polar surface area (TPSA) is 108 Å². The molecular formula is C10H9N3O4. The van der Waals surface area contributed by atoms with E-state index in [1.807, 2.05) is 5.43 Å². The van der Waals surface area contributed by atoms with Crippen molar-refractivity contribution in [3.05, 3.63) is 42.2 Å². The first-order chi connectivity index (χ1) is 8.09. The van der Waals surface area contributed by atoms with Crippen LogP contribution in [0.3, 0.4) is 0 Å². The van der Waals surface area contributed by atoms with Gasteiger partial charge in [-0.2, -0.15) is 0 Å². The van der Waals surface area contributed by atoms with Gasteiger partial charge in [-0.3, -0.25) is 25.4 Å². The zero-order valence-corrected chi connectivity index (χ0v) is 8.58. The quantitative estimate of drug-likeness (QED) is 0.482. The molecule has 7 nitrogen and oxygen atoms in total. The summed E-state index contributed by atoms with van der Waals surface area (Å²) in [5, 5.41) is 8.25. The molecule has 0 saturated carbocycles. The molecular weight excluding hydrogens is 226 g/mol. The van der Waals surface area contributed by atoms with Crippen molar-refractivity contribution in [3.63, 3.8) is 0 Å². The second-order valence-corrected chi connectivity index (χ2v) is 2.83. The Kier molecular flexibility index (Phi) is 4.37. The standard InChI is InChI=1S/C10H9N3O4/c14-8(4-5-9(15)16)12-13-10(17)7-3-1-2-6-11-7/h1-6H,(H,12,14)(H,13,17)(H,15,16)/b5-4+. The van der Waals surface area contributed by atoms with Gasteiger partial charge in [-0.15, -0.1) is 0 Å². The summed E-state index contributed by atoms with van der Waals surface area (Å²) in [6.07, 6.45) is 2.87. The number of aliphatic carboxylic acids is 1. The summed E-state index contributed by atoms with van der Waals surface area (Å²) in [6, 6.07) is 4.73. The normalized spacial score (nSPS) is 9.88. The van der Waals surface area contributed by atoms with Gasteiger partial charge in [0, 0.05) is 18.3 Å². The third-order valence-corrected chi connectivity index (χ3v) is 1.57. The number of carboxylic acids is 1. The van der Waals surface area contributed by atoms with Crippen molar-refractivity contribution in [3.8, 4) is 0 Å². The molecule has 0 bridgehead atoms. The van der Waals surface area contributed by atoms with Crippen molar-refractivity contribution >= 4 is 17.8 Å². The maximum Gasteiger partial charge on any atom is 0.328 e. The average molecular weight is 235 g/mol. The second-order valence-electron chi connectivity index (χ2n) is 2.83. The summed E-state index contributed by atoms with van der Waals surface area (Å²) in [5.74, 6) is -2.60. The number of carboxylic acid groups (broad SMARTS) is 1. The van der Waals surface area contributed by atoms with E-state index in [9.17, 15) is 14.4 Å². The highest BCUT2D eigenvalue weighted by Crippen LogP contribution is 1.91. The number of carbonyl (C=O) groups excluding carboxylic acids is 2. The Hall–Kier alpha value is -2.70. The molecule has 0 spiro atoms. The molecule has 7 heteroatoms. The molecule has 2 amide bonds. The second kappa shape index (κ2) is 6.01. The van der Waals surface area contributed by atoms with Crippen molar-refractivity contribution in [2.75, 3.05) is 0 Å². The van der Waals surface area contributed by atoms with E-state index in [0.29, 0.717) is 6.08 Å². The number of nitrogens with one attached hydrogen (secondary N) is 2. The Bertz CT molecular complexity index is 456. The van der Waals surface area contributed by atoms with E-state index in [1.165, 1.54) is 12.3 Å². The molecule has 0 aromatic carbocycles. The fourth-order valence-corrected chi connectivity index (χ4v) is 0.868. The molecule has 0 unspecified atom stereocenters. The third-order valence-electron chi connectivity index (χ3n) is 1.57. The highest BCUT2D eigenvalue weighted by Gasteiger charge is 2.06. The van der Waals surface area contributed by atoms with E-state index in [1.54, 1.807) is 12.1 Å². The Labute approximate surface area is 96.1 Å². The predicted octanol–water partition coefficient (Wildman–Crippen LogP) is -0.517. The highest BCUT2D eigenvalue weighted by molar-refractivity contribution is 5.97. The number of aromatic nitrogens is 1. The van der Waals surface area contributed by atoms with Gasteiger partial charge in [0.1, 0.15) is 5.69 Å². The fourth-order valence-electron chi connectivity index (χ4n) is 0.868. The van der Waals surface area contributed by atoms with Crippen LogP contribution >= 0.6 is 0 Å². The molecule has 0 fully saturated rings. The van der Waals surface area contributed by atoms with Crippen LogP contribution in [-0.2, 0) is 9.59 Å². The lowest BCUT2D eigenvalue weighted by atomic mass is 10.3. The van der Waals surface area contributed by atoms with Crippen LogP contribution in [0.4, 0.5) is 0 Å². The lowest BCUT2D eigenvalue weighted by molar-refractivity contribution is -0.131. The van der Waals surface area contributed by atoms with Crippen molar-refractivity contribution in [1.29, 1.82) is 0 Å². The molecule has 0 radical (unpaired) electrons. The molecule has 88 valence electrons. The maximum absolute atomic E-state index is 11.4. The van der Waals surface area contributed by atoms with Gasteiger partial charge in [0.25, 0.3) is 11.8 Å². The summed E-state index contributed by atoms with van der Waals surface area (Å²) in [4.78, 5) is 36.2. The number of hydrogen-bond donors (Lipinski definition) is 3. The SMILES string of the molecule is O=C(O)/C=C/C(=O)NNC(=O)c1ccccn1. The van der Waals surface area contributed by atoms with Crippen molar-refractivity contribution in [2.45, 2.75) is 0 Å². The smallest absolute Gasteiger partial charge is 0.328 e. The number of hydrogen-bond acceptors (Lipinski definition) is 4. The first-order valence-corrected chi connectivity index (χ1v) is 4.52. The molecule has 1 rings (SSSR count). The van der Waals surface area contributed by atoms with Gasteiger partial charge in [0.2, 0.25) is 0 Å². The number of pyridine rings is 1. The first-order valence-electron chi connectivity index (χ1n) is 4.52. The summed E-state index contributed by atoms with van der Waals surface area (Å²) < 4.78 is 0. The van der Waals surface area contributed by atoms with Crippen LogP contribution in [0, 0.1) is 0 Å². The zero-order chi connectivity index (χ0) is 12.7. The molecule has 0 aliphatic rings. The van der Waals surface area contributed by atoms with Crippen molar-refractivity contribution in [1.82, 2.24) is 15.8 Å². The minimum absolute atomic E-state index is 0.134. The third kappa shape index (κ3) is 4.56. The summed E-state index contributed by atoms with van der Waals surface area (Å²) in [5.41, 5.74) is 4.22. The molecule has 1 aromatic rings. The fraction of sp³-hybridized carbons (Fsp3) is 0. The minimum Gasteiger partial charge on any atom is -0.478 e. The van der Waals surface area contributed by atoms with Gasteiger partial charge in [-0.05, 0) is 12.1 Å². The summed E-state index contributed by atoms with van der Waals surface area (Å²) >= 11 is 0. The predicted molar refractivity (Wildman–Crippen MR) is 56.6 cm³/mol. The molecule has 17 heavy (non-hydrogen) atoms. The molecule has 0 saturated heterocycles. The van der Waals surface area contributed by atoms with Crippen LogP contribution in [-0.4, -0.2) is 27.9 Å². The van der Waals surface area contributed by atoms with Crippen molar-refractivity contribution < 1.29 is 19.5 Å². The number of hydrazine groups is 1. The van der Waals surface area contributed by atoms with Crippen LogP contribution in [0.25, 0.3) is 0 Å². The first kappa shape index (κ1) is 12.4. The summed E-state index contributed by atoms with van der Waals surface area (Å²) in [7, 11) is 0. The van der Waals surface area contributed by atoms with E-state index in [4.69, 9.17) is 5.11 Å². The number of nitrogens with zero attached hydrogens (tertiary/aromatic N) is 1. The van der Waals surface area contributed by atoms with Gasteiger partial charge in [-0.25, -0.2) is 4.79 Å². The van der Waals surface area contributed by atoms with Crippen molar-refractivity contribution in [2.24, 2.45) is 0 Å². The van der Waals surface area contributed by atoms with Gasteiger partial charge >= 0.3 is 5.97 Å². The largest absolute Gasteiger partial charge is 0.478 e. The average Bonchev–Trinajstić information content (AvgIpc) is 2.34. The van der Waals surface area contributed by atoms with E-state index < -0.39 is 17.8 Å². The molecule has 0 atom stereocenters. The van der Waals surface area contributed by atoms with E-state index in [2.05, 4.69) is 10.4 Å². The number of carbonyl (C=O) groups is 3. The van der Waals surface area contributed by atoms with Crippen LogP contribution < -0.4 is 10.9 Å². The molecule has 0 aliphatic carbocycles. The van der Waals surface area contributed by atoms with E-state index >= 15 is 0 Å².